The van der Waals surface area contributed by atoms with Gasteiger partial charge in [-0.1, -0.05) is 26.0 Å². The van der Waals surface area contributed by atoms with Gasteiger partial charge in [0.25, 0.3) is 0 Å². The zero-order valence-electron chi connectivity index (χ0n) is 13.6. The maximum atomic E-state index is 5.97. The first kappa shape index (κ1) is 15.6. The molecule has 0 saturated carbocycles. The summed E-state index contributed by atoms with van der Waals surface area (Å²) in [7, 11) is 1.98. The molecular weight excluding hydrogens is 262 g/mol. The number of ether oxygens (including phenoxy) is 1. The second kappa shape index (κ2) is 6.76. The molecule has 4 heteroatoms. The molecule has 0 atom stereocenters. The number of aryl methyl sites for hydroxylation is 3. The Hall–Kier alpha value is -1.81. The fourth-order valence-corrected chi connectivity index (χ4v) is 2.36. The van der Waals surface area contributed by atoms with Crippen molar-refractivity contribution >= 4 is 0 Å². The number of aromatic nitrogens is 2. The van der Waals surface area contributed by atoms with Crippen LogP contribution in [0.2, 0.25) is 0 Å². The number of nitrogens with zero attached hydrogens (tertiary/aromatic N) is 2. The maximum Gasteiger partial charge on any atom is 0.146 e. The SMILES string of the molecule is Cc1cc(CNC(C)C)cc(C)c1OCc1nccn1C. The minimum Gasteiger partial charge on any atom is -0.485 e. The molecule has 0 aliphatic heterocycles. The third-order valence-corrected chi connectivity index (χ3v) is 3.50. The van der Waals surface area contributed by atoms with Gasteiger partial charge in [0.2, 0.25) is 0 Å². The first-order chi connectivity index (χ1) is 9.97. The first-order valence-electron chi connectivity index (χ1n) is 7.40. The van der Waals surface area contributed by atoms with Crippen molar-refractivity contribution in [3.63, 3.8) is 0 Å². The molecule has 0 aliphatic rings. The third kappa shape index (κ3) is 4.08. The van der Waals surface area contributed by atoms with Crippen LogP contribution in [0.4, 0.5) is 0 Å². The molecule has 0 spiro atoms. The lowest BCUT2D eigenvalue weighted by Crippen LogP contribution is -2.21. The van der Waals surface area contributed by atoms with Gasteiger partial charge in [-0.3, -0.25) is 0 Å². The second-order valence-corrected chi connectivity index (χ2v) is 5.84. The molecular formula is C17H25N3O. The highest BCUT2D eigenvalue weighted by Gasteiger charge is 2.08. The van der Waals surface area contributed by atoms with E-state index < -0.39 is 0 Å². The molecule has 1 N–H and O–H groups in total. The Labute approximate surface area is 127 Å². The summed E-state index contributed by atoms with van der Waals surface area (Å²) in [6.45, 7) is 9.89. The summed E-state index contributed by atoms with van der Waals surface area (Å²) in [6, 6.07) is 4.87. The molecule has 0 aliphatic carbocycles. The molecule has 1 aromatic carbocycles. The van der Waals surface area contributed by atoms with E-state index in [0.29, 0.717) is 12.6 Å². The summed E-state index contributed by atoms with van der Waals surface area (Å²) in [5, 5.41) is 3.44. The van der Waals surface area contributed by atoms with E-state index in [4.69, 9.17) is 4.74 Å². The molecule has 2 aromatic rings. The predicted octanol–water partition coefficient (Wildman–Crippen LogP) is 3.11. The molecule has 0 fully saturated rings. The van der Waals surface area contributed by atoms with E-state index >= 15 is 0 Å². The predicted molar refractivity (Wildman–Crippen MR) is 85.4 cm³/mol. The number of imidazole rings is 1. The van der Waals surface area contributed by atoms with Crippen LogP contribution in [-0.4, -0.2) is 15.6 Å². The Bertz CT molecular complexity index is 579. The highest BCUT2D eigenvalue weighted by molar-refractivity contribution is 5.43. The van der Waals surface area contributed by atoms with Crippen LogP contribution in [0.5, 0.6) is 5.75 Å². The summed E-state index contributed by atoms with van der Waals surface area (Å²) in [4.78, 5) is 4.28. The van der Waals surface area contributed by atoms with Crippen molar-refractivity contribution in [1.82, 2.24) is 14.9 Å². The van der Waals surface area contributed by atoms with Crippen LogP contribution < -0.4 is 10.1 Å². The molecule has 0 radical (unpaired) electrons. The minimum absolute atomic E-state index is 0.491. The highest BCUT2D eigenvalue weighted by atomic mass is 16.5. The number of hydrogen-bond donors (Lipinski definition) is 1. The Morgan fingerprint density at radius 3 is 2.43 bits per heavy atom. The monoisotopic (exact) mass is 287 g/mol. The van der Waals surface area contributed by atoms with Crippen molar-refractivity contribution in [2.24, 2.45) is 7.05 Å². The minimum atomic E-state index is 0.491. The van der Waals surface area contributed by atoms with Gasteiger partial charge in [-0.15, -0.1) is 0 Å². The number of benzene rings is 1. The molecule has 114 valence electrons. The lowest BCUT2D eigenvalue weighted by molar-refractivity contribution is 0.288. The van der Waals surface area contributed by atoms with Crippen LogP contribution >= 0.6 is 0 Å². The number of rotatable bonds is 6. The van der Waals surface area contributed by atoms with Gasteiger partial charge in [0.05, 0.1) is 0 Å². The summed E-state index contributed by atoms with van der Waals surface area (Å²) in [6.07, 6.45) is 3.72. The average molecular weight is 287 g/mol. The van der Waals surface area contributed by atoms with Crippen molar-refractivity contribution in [1.29, 1.82) is 0 Å². The van der Waals surface area contributed by atoms with Crippen molar-refractivity contribution in [3.05, 3.63) is 47.0 Å². The van der Waals surface area contributed by atoms with Crippen molar-refractivity contribution in [3.8, 4) is 5.75 Å². The second-order valence-electron chi connectivity index (χ2n) is 5.84. The van der Waals surface area contributed by atoms with Crippen LogP contribution in [0, 0.1) is 13.8 Å². The molecule has 0 saturated heterocycles. The van der Waals surface area contributed by atoms with Crippen molar-refractivity contribution in [2.45, 2.75) is 46.9 Å². The molecule has 21 heavy (non-hydrogen) atoms. The van der Waals surface area contributed by atoms with Crippen LogP contribution in [-0.2, 0) is 20.2 Å². The Morgan fingerprint density at radius 2 is 1.90 bits per heavy atom. The zero-order valence-corrected chi connectivity index (χ0v) is 13.6. The lowest BCUT2D eigenvalue weighted by atomic mass is 10.1. The molecule has 0 amide bonds. The van der Waals surface area contributed by atoms with Crippen molar-refractivity contribution < 1.29 is 4.74 Å². The average Bonchev–Trinajstić information content (AvgIpc) is 2.81. The topological polar surface area (TPSA) is 39.1 Å². The van der Waals surface area contributed by atoms with Gasteiger partial charge in [-0.2, -0.15) is 0 Å². The van der Waals surface area contributed by atoms with Crippen LogP contribution in [0.3, 0.4) is 0 Å². The van der Waals surface area contributed by atoms with E-state index in [-0.39, 0.29) is 0 Å². The van der Waals surface area contributed by atoms with Gasteiger partial charge in [0.1, 0.15) is 18.2 Å². The van der Waals surface area contributed by atoms with Crippen molar-refractivity contribution in [2.75, 3.05) is 0 Å². The summed E-state index contributed by atoms with van der Waals surface area (Å²) >= 11 is 0. The maximum absolute atomic E-state index is 5.97. The van der Waals surface area contributed by atoms with Gasteiger partial charge in [-0.25, -0.2) is 4.98 Å². The number of nitrogens with one attached hydrogen (secondary N) is 1. The third-order valence-electron chi connectivity index (χ3n) is 3.50. The van der Waals surface area contributed by atoms with E-state index in [0.717, 1.165) is 18.1 Å². The van der Waals surface area contributed by atoms with Gasteiger partial charge in [0, 0.05) is 32.0 Å². The Morgan fingerprint density at radius 1 is 1.24 bits per heavy atom. The largest absolute Gasteiger partial charge is 0.485 e. The molecule has 0 unspecified atom stereocenters. The normalized spacial score (nSPS) is 11.1. The molecule has 1 heterocycles. The smallest absolute Gasteiger partial charge is 0.146 e. The quantitative estimate of drug-likeness (QED) is 0.887. The summed E-state index contributed by atoms with van der Waals surface area (Å²) in [5.41, 5.74) is 3.64. The fraction of sp³-hybridized carbons (Fsp3) is 0.471. The van der Waals surface area contributed by atoms with Crippen LogP contribution in [0.15, 0.2) is 24.5 Å². The molecule has 4 nitrogen and oxygen atoms in total. The lowest BCUT2D eigenvalue weighted by Gasteiger charge is -2.15. The van der Waals surface area contributed by atoms with E-state index in [1.165, 1.54) is 16.7 Å². The fourth-order valence-electron chi connectivity index (χ4n) is 2.36. The van der Waals surface area contributed by atoms with Gasteiger partial charge >= 0.3 is 0 Å². The van der Waals surface area contributed by atoms with Gasteiger partial charge < -0.3 is 14.6 Å². The van der Waals surface area contributed by atoms with Crippen LogP contribution in [0.25, 0.3) is 0 Å². The summed E-state index contributed by atoms with van der Waals surface area (Å²) in [5.74, 6) is 1.89. The number of hydrogen-bond acceptors (Lipinski definition) is 3. The van der Waals surface area contributed by atoms with Gasteiger partial charge in [-0.05, 0) is 30.5 Å². The Kier molecular flexibility index (Phi) is 5.02. The first-order valence-corrected chi connectivity index (χ1v) is 7.40. The van der Waals surface area contributed by atoms with E-state index in [1.54, 1.807) is 6.20 Å². The van der Waals surface area contributed by atoms with Crippen LogP contribution in [0.1, 0.15) is 36.4 Å². The van der Waals surface area contributed by atoms with Gasteiger partial charge in [0.15, 0.2) is 0 Å². The molecule has 1 aromatic heterocycles. The van der Waals surface area contributed by atoms with E-state index in [2.05, 4.69) is 50.1 Å². The standard InChI is InChI=1S/C17H25N3O/c1-12(2)19-10-15-8-13(3)17(14(4)9-15)21-11-16-18-6-7-20(16)5/h6-9,12,19H,10-11H2,1-5H3. The van der Waals surface area contributed by atoms with E-state index in [9.17, 15) is 0 Å². The highest BCUT2D eigenvalue weighted by Crippen LogP contribution is 2.25. The summed E-state index contributed by atoms with van der Waals surface area (Å²) < 4.78 is 7.95. The zero-order chi connectivity index (χ0) is 15.4. The van der Waals surface area contributed by atoms with E-state index in [1.807, 2.05) is 17.8 Å². The Balaban J connectivity index is 2.08. The molecule has 2 rings (SSSR count). The molecule has 0 bridgehead atoms.